The molecule has 6 nitrogen and oxygen atoms in total. The fourth-order valence-electron chi connectivity index (χ4n) is 1.84. The second-order valence-electron chi connectivity index (χ2n) is 6.02. The molecule has 1 atom stereocenters. The van der Waals surface area contributed by atoms with Crippen LogP contribution in [0.3, 0.4) is 0 Å². The Hall–Kier alpha value is -0.690. The van der Waals surface area contributed by atoms with E-state index in [0.717, 1.165) is 0 Å². The summed E-state index contributed by atoms with van der Waals surface area (Å²) >= 11 is 0. The molecule has 1 aliphatic rings. The van der Waals surface area contributed by atoms with Gasteiger partial charge in [-0.1, -0.05) is 0 Å². The Balaban J connectivity index is 2.04. The lowest BCUT2D eigenvalue weighted by Crippen LogP contribution is -2.42. The fraction of sp³-hybridized carbons (Fsp3) is 0.929. The number of carbonyl (C=O) groups excluding carboxylic acids is 1. The van der Waals surface area contributed by atoms with E-state index in [1.807, 2.05) is 25.7 Å². The van der Waals surface area contributed by atoms with E-state index < -0.39 is 6.10 Å². The molecule has 6 heteroatoms. The topological polar surface area (TPSA) is 71.0 Å². The molecular formula is C14H28N2O4. The number of carbonyl (C=O) groups is 1. The number of nitrogens with zero attached hydrogens (tertiary/aromatic N) is 1. The molecule has 0 saturated carbocycles. The highest BCUT2D eigenvalue weighted by Crippen LogP contribution is 2.06. The summed E-state index contributed by atoms with van der Waals surface area (Å²) in [4.78, 5) is 13.7. The van der Waals surface area contributed by atoms with Crippen LogP contribution in [-0.4, -0.2) is 73.6 Å². The van der Waals surface area contributed by atoms with Gasteiger partial charge in [-0.05, 0) is 20.8 Å². The summed E-state index contributed by atoms with van der Waals surface area (Å²) in [6, 6.07) is 0. The molecule has 0 aromatic heterocycles. The first kappa shape index (κ1) is 17.4. The van der Waals surface area contributed by atoms with Gasteiger partial charge < -0.3 is 24.8 Å². The maximum Gasteiger partial charge on any atom is 0.224 e. The number of morpholine rings is 1. The number of amides is 1. The number of aliphatic hydroxyl groups excluding tert-OH is 1. The molecule has 1 aliphatic heterocycles. The molecule has 1 fully saturated rings. The molecule has 118 valence electrons. The van der Waals surface area contributed by atoms with Crippen molar-refractivity contribution < 1.29 is 19.4 Å². The molecule has 0 bridgehead atoms. The van der Waals surface area contributed by atoms with Gasteiger partial charge in [0.15, 0.2) is 0 Å². The molecule has 20 heavy (non-hydrogen) atoms. The van der Waals surface area contributed by atoms with Crippen molar-refractivity contribution in [2.45, 2.75) is 38.9 Å². The molecule has 0 aromatic carbocycles. The minimum atomic E-state index is -0.548. The maximum absolute atomic E-state index is 11.8. The average molecular weight is 288 g/mol. The second-order valence-corrected chi connectivity index (χ2v) is 6.02. The lowest BCUT2D eigenvalue weighted by molar-refractivity contribution is -0.135. The van der Waals surface area contributed by atoms with Gasteiger partial charge in [0, 0.05) is 32.6 Å². The van der Waals surface area contributed by atoms with Crippen LogP contribution in [0.1, 0.15) is 27.2 Å². The highest BCUT2D eigenvalue weighted by molar-refractivity contribution is 5.76. The van der Waals surface area contributed by atoms with E-state index in [2.05, 4.69) is 5.32 Å². The maximum atomic E-state index is 11.8. The largest absolute Gasteiger partial charge is 0.389 e. The van der Waals surface area contributed by atoms with Crippen LogP contribution in [0.15, 0.2) is 0 Å². The number of rotatable bonds is 7. The van der Waals surface area contributed by atoms with Crippen LogP contribution in [0.5, 0.6) is 0 Å². The van der Waals surface area contributed by atoms with Gasteiger partial charge in [-0.25, -0.2) is 0 Å². The van der Waals surface area contributed by atoms with Gasteiger partial charge in [0.2, 0.25) is 5.91 Å². The molecule has 0 aromatic rings. The predicted octanol–water partition coefficient (Wildman–Crippen LogP) is 0.000900. The van der Waals surface area contributed by atoms with E-state index in [-0.39, 0.29) is 11.5 Å². The molecule has 1 unspecified atom stereocenters. The molecule has 1 amide bonds. The Bertz CT molecular complexity index is 285. The van der Waals surface area contributed by atoms with Gasteiger partial charge in [-0.2, -0.15) is 0 Å². The summed E-state index contributed by atoms with van der Waals surface area (Å²) in [5.74, 6) is 0.140. The summed E-state index contributed by atoms with van der Waals surface area (Å²) in [5, 5.41) is 12.8. The summed E-state index contributed by atoms with van der Waals surface area (Å²) < 4.78 is 10.7. The molecule has 0 aliphatic carbocycles. The Morgan fingerprint density at radius 3 is 2.65 bits per heavy atom. The van der Waals surface area contributed by atoms with Crippen molar-refractivity contribution in [2.75, 3.05) is 46.0 Å². The first-order chi connectivity index (χ1) is 9.38. The van der Waals surface area contributed by atoms with Crippen LogP contribution in [-0.2, 0) is 14.3 Å². The summed E-state index contributed by atoms with van der Waals surface area (Å²) in [6.45, 7) is 9.78. The first-order valence-electron chi connectivity index (χ1n) is 7.27. The molecular weight excluding hydrogens is 260 g/mol. The van der Waals surface area contributed by atoms with E-state index in [4.69, 9.17) is 9.47 Å². The zero-order valence-electron chi connectivity index (χ0n) is 12.9. The van der Waals surface area contributed by atoms with E-state index in [9.17, 15) is 9.90 Å². The zero-order chi connectivity index (χ0) is 15.0. The van der Waals surface area contributed by atoms with Crippen LogP contribution in [0.2, 0.25) is 0 Å². The van der Waals surface area contributed by atoms with E-state index in [1.165, 1.54) is 0 Å². The number of ether oxygens (including phenoxy) is 2. The van der Waals surface area contributed by atoms with Crippen molar-refractivity contribution in [3.05, 3.63) is 0 Å². The standard InChI is InChI=1S/C14H28N2O4/c1-14(2,3)20-11-12(17)10-15-5-4-13(18)16-6-8-19-9-7-16/h12,15,17H,4-11H2,1-3H3. The average Bonchev–Trinajstić information content (AvgIpc) is 2.41. The fourth-order valence-corrected chi connectivity index (χ4v) is 1.84. The molecule has 0 radical (unpaired) electrons. The lowest BCUT2D eigenvalue weighted by atomic mass is 10.2. The van der Waals surface area contributed by atoms with Crippen molar-refractivity contribution in [1.82, 2.24) is 10.2 Å². The Morgan fingerprint density at radius 2 is 2.05 bits per heavy atom. The predicted molar refractivity (Wildman–Crippen MR) is 76.6 cm³/mol. The summed E-state index contributed by atoms with van der Waals surface area (Å²) in [6.07, 6.45) is -0.0972. The van der Waals surface area contributed by atoms with Crippen molar-refractivity contribution >= 4 is 5.91 Å². The van der Waals surface area contributed by atoms with Crippen LogP contribution in [0.25, 0.3) is 0 Å². The van der Waals surface area contributed by atoms with Crippen LogP contribution in [0.4, 0.5) is 0 Å². The van der Waals surface area contributed by atoms with Crippen molar-refractivity contribution in [2.24, 2.45) is 0 Å². The Kier molecular flexibility index (Phi) is 7.43. The summed E-state index contributed by atoms with van der Waals surface area (Å²) in [5.41, 5.74) is -0.243. The first-order valence-corrected chi connectivity index (χ1v) is 7.27. The number of hydrogen-bond acceptors (Lipinski definition) is 5. The van der Waals surface area contributed by atoms with E-state index in [1.54, 1.807) is 0 Å². The Morgan fingerprint density at radius 1 is 1.40 bits per heavy atom. The van der Waals surface area contributed by atoms with Gasteiger partial charge in [-0.15, -0.1) is 0 Å². The normalized spacial score (nSPS) is 18.1. The highest BCUT2D eigenvalue weighted by Gasteiger charge is 2.16. The van der Waals surface area contributed by atoms with Gasteiger partial charge in [0.05, 0.1) is 31.5 Å². The zero-order valence-corrected chi connectivity index (χ0v) is 12.9. The minimum Gasteiger partial charge on any atom is -0.389 e. The smallest absolute Gasteiger partial charge is 0.224 e. The SMILES string of the molecule is CC(C)(C)OCC(O)CNCCC(=O)N1CCOCC1. The van der Waals surface area contributed by atoms with Crippen molar-refractivity contribution in [1.29, 1.82) is 0 Å². The number of nitrogens with one attached hydrogen (secondary N) is 1. The number of hydrogen-bond donors (Lipinski definition) is 2. The molecule has 2 N–H and O–H groups in total. The third-order valence-electron chi connectivity index (χ3n) is 2.97. The highest BCUT2D eigenvalue weighted by atomic mass is 16.5. The molecule has 1 rings (SSSR count). The van der Waals surface area contributed by atoms with Gasteiger partial charge in [0.25, 0.3) is 0 Å². The van der Waals surface area contributed by atoms with Gasteiger partial charge in [-0.3, -0.25) is 4.79 Å². The molecule has 1 heterocycles. The third kappa shape index (κ3) is 7.79. The quantitative estimate of drug-likeness (QED) is 0.645. The van der Waals surface area contributed by atoms with Crippen molar-refractivity contribution in [3.8, 4) is 0 Å². The van der Waals surface area contributed by atoms with Gasteiger partial charge in [0.1, 0.15) is 0 Å². The van der Waals surface area contributed by atoms with E-state index >= 15 is 0 Å². The molecule has 1 saturated heterocycles. The number of aliphatic hydroxyl groups is 1. The Labute approximate surface area is 121 Å². The van der Waals surface area contributed by atoms with Crippen LogP contribution < -0.4 is 5.32 Å². The van der Waals surface area contributed by atoms with E-state index in [0.29, 0.717) is 52.4 Å². The summed E-state index contributed by atoms with van der Waals surface area (Å²) in [7, 11) is 0. The monoisotopic (exact) mass is 288 g/mol. The van der Waals surface area contributed by atoms with Crippen LogP contribution in [0, 0.1) is 0 Å². The van der Waals surface area contributed by atoms with Crippen molar-refractivity contribution in [3.63, 3.8) is 0 Å². The third-order valence-corrected chi connectivity index (χ3v) is 2.97. The van der Waals surface area contributed by atoms with Crippen LogP contribution >= 0.6 is 0 Å². The minimum absolute atomic E-state index is 0.140. The van der Waals surface area contributed by atoms with Gasteiger partial charge >= 0.3 is 0 Å². The second kappa shape index (κ2) is 8.56. The lowest BCUT2D eigenvalue weighted by Gasteiger charge is -2.27. The molecule has 0 spiro atoms.